The molecule has 0 aromatic heterocycles. The Hall–Kier alpha value is -2.97. The molecule has 10 heteroatoms. The van der Waals surface area contributed by atoms with E-state index in [1.54, 1.807) is 42.5 Å². The highest BCUT2D eigenvalue weighted by Gasteiger charge is 2.35. The van der Waals surface area contributed by atoms with Crippen molar-refractivity contribution in [2.24, 2.45) is 0 Å². The van der Waals surface area contributed by atoms with Crippen LogP contribution in [0.2, 0.25) is 15.1 Å². The molecule has 6 nitrogen and oxygen atoms in total. The number of thioether (sulfide) groups is 1. The third kappa shape index (κ3) is 6.42. The topological polar surface area (TPSA) is 75.7 Å². The number of carbonyl (C=O) groups is 3. The van der Waals surface area contributed by atoms with Gasteiger partial charge in [0, 0.05) is 16.3 Å². The highest BCUT2D eigenvalue weighted by atomic mass is 35.5. The molecule has 0 spiro atoms. The van der Waals surface area contributed by atoms with Crippen molar-refractivity contribution in [2.45, 2.75) is 13.5 Å². The summed E-state index contributed by atoms with van der Waals surface area (Å²) in [5.41, 5.74) is 2.81. The lowest BCUT2D eigenvalue weighted by Gasteiger charge is -2.13. The van der Waals surface area contributed by atoms with Crippen LogP contribution in [0, 0.1) is 6.92 Å². The zero-order chi connectivity index (χ0) is 25.8. The standard InChI is InChI=1S/C26H19Cl3N2O4S/c1-15-3-2-4-19(9-15)30-24(32)14-35-22-8-6-18(27)11-17(22)12-23-25(33)31(26(34)36-23)13-16-5-7-20(28)21(29)10-16/h2-12H,13-14H2,1H3,(H,30,32)/b23-12-. The molecule has 1 saturated heterocycles. The number of nitrogens with one attached hydrogen (secondary N) is 1. The van der Waals surface area contributed by atoms with Crippen molar-refractivity contribution >= 4 is 75.4 Å². The molecule has 3 aromatic carbocycles. The molecular weight excluding hydrogens is 543 g/mol. The summed E-state index contributed by atoms with van der Waals surface area (Å²) in [5.74, 6) is -0.460. The number of nitrogens with zero attached hydrogens (tertiary/aromatic N) is 1. The van der Waals surface area contributed by atoms with Crippen molar-refractivity contribution < 1.29 is 19.1 Å². The average Bonchev–Trinajstić information content (AvgIpc) is 3.08. The van der Waals surface area contributed by atoms with Crippen LogP contribution in [-0.4, -0.2) is 28.6 Å². The molecule has 1 heterocycles. The number of imide groups is 1. The second-order valence-electron chi connectivity index (χ2n) is 7.90. The molecule has 0 bridgehead atoms. The van der Waals surface area contributed by atoms with E-state index in [1.165, 1.54) is 6.08 Å². The normalized spacial score (nSPS) is 14.4. The molecule has 0 radical (unpaired) electrons. The van der Waals surface area contributed by atoms with Crippen molar-refractivity contribution in [2.75, 3.05) is 11.9 Å². The number of hydrogen-bond donors (Lipinski definition) is 1. The smallest absolute Gasteiger partial charge is 0.293 e. The minimum absolute atomic E-state index is 0.0525. The number of hydrogen-bond acceptors (Lipinski definition) is 5. The summed E-state index contributed by atoms with van der Waals surface area (Å²) in [6.07, 6.45) is 1.53. The van der Waals surface area contributed by atoms with Crippen LogP contribution in [-0.2, 0) is 16.1 Å². The molecule has 0 atom stereocenters. The molecule has 0 aliphatic carbocycles. The van der Waals surface area contributed by atoms with E-state index in [0.717, 1.165) is 22.2 Å². The number of carbonyl (C=O) groups excluding carboxylic acids is 3. The van der Waals surface area contributed by atoms with E-state index in [-0.39, 0.29) is 24.0 Å². The number of benzene rings is 3. The number of aryl methyl sites for hydroxylation is 1. The Morgan fingerprint density at radius 3 is 2.58 bits per heavy atom. The number of anilines is 1. The number of rotatable bonds is 7. The zero-order valence-corrected chi connectivity index (χ0v) is 22.0. The summed E-state index contributed by atoms with van der Waals surface area (Å²) in [5, 5.41) is 3.49. The van der Waals surface area contributed by atoms with Crippen molar-refractivity contribution in [1.82, 2.24) is 4.90 Å². The first kappa shape index (κ1) is 26.1. The van der Waals surface area contributed by atoms with E-state index < -0.39 is 11.1 Å². The summed E-state index contributed by atoms with van der Waals surface area (Å²) in [7, 11) is 0. The molecule has 0 unspecified atom stereocenters. The molecule has 4 rings (SSSR count). The summed E-state index contributed by atoms with van der Waals surface area (Å²) >= 11 is 19.0. The third-order valence-electron chi connectivity index (χ3n) is 5.12. The van der Waals surface area contributed by atoms with E-state index in [1.807, 2.05) is 25.1 Å². The monoisotopic (exact) mass is 560 g/mol. The molecule has 184 valence electrons. The maximum absolute atomic E-state index is 13.0. The summed E-state index contributed by atoms with van der Waals surface area (Å²) in [6, 6.07) is 17.1. The van der Waals surface area contributed by atoms with Gasteiger partial charge in [0.05, 0.1) is 21.5 Å². The number of amides is 3. The van der Waals surface area contributed by atoms with Crippen LogP contribution in [0.5, 0.6) is 5.75 Å². The molecule has 1 fully saturated rings. The molecular formula is C26H19Cl3N2O4S. The van der Waals surface area contributed by atoms with Gasteiger partial charge in [-0.2, -0.15) is 0 Å². The average molecular weight is 562 g/mol. The van der Waals surface area contributed by atoms with Crippen LogP contribution in [0.1, 0.15) is 16.7 Å². The molecule has 36 heavy (non-hydrogen) atoms. The number of ether oxygens (including phenoxy) is 1. The van der Waals surface area contributed by atoms with E-state index in [9.17, 15) is 14.4 Å². The fourth-order valence-electron chi connectivity index (χ4n) is 3.42. The SMILES string of the molecule is Cc1cccc(NC(=O)COc2ccc(Cl)cc2/C=C2\SC(=O)N(Cc3ccc(Cl)c(Cl)c3)C2=O)c1. The summed E-state index contributed by atoms with van der Waals surface area (Å²) in [6.45, 7) is 1.73. The first-order valence-electron chi connectivity index (χ1n) is 10.7. The van der Waals surface area contributed by atoms with Crippen molar-refractivity contribution in [3.05, 3.63) is 97.3 Å². The summed E-state index contributed by atoms with van der Waals surface area (Å²) < 4.78 is 5.71. The van der Waals surface area contributed by atoms with Crippen molar-refractivity contribution in [1.29, 1.82) is 0 Å². The lowest BCUT2D eigenvalue weighted by atomic mass is 10.1. The zero-order valence-electron chi connectivity index (χ0n) is 18.9. The van der Waals surface area contributed by atoms with Crippen LogP contribution < -0.4 is 10.1 Å². The van der Waals surface area contributed by atoms with Gasteiger partial charge in [0.2, 0.25) is 0 Å². The molecule has 1 N–H and O–H groups in total. The molecule has 1 aliphatic rings. The largest absolute Gasteiger partial charge is 0.483 e. The Bertz CT molecular complexity index is 1390. The van der Waals surface area contributed by atoms with Gasteiger partial charge in [0.25, 0.3) is 17.1 Å². The number of halogens is 3. The second kappa shape index (κ2) is 11.4. The molecule has 1 aliphatic heterocycles. The van der Waals surface area contributed by atoms with E-state index in [0.29, 0.717) is 37.6 Å². The lowest BCUT2D eigenvalue weighted by Crippen LogP contribution is -2.27. The minimum atomic E-state index is -0.459. The van der Waals surface area contributed by atoms with Gasteiger partial charge >= 0.3 is 0 Å². The first-order chi connectivity index (χ1) is 17.2. The van der Waals surface area contributed by atoms with Crippen LogP contribution in [0.3, 0.4) is 0 Å². The molecule has 3 amide bonds. The first-order valence-corrected chi connectivity index (χ1v) is 12.6. The lowest BCUT2D eigenvalue weighted by molar-refractivity contribution is -0.123. The van der Waals surface area contributed by atoms with Crippen LogP contribution in [0.15, 0.2) is 65.6 Å². The predicted molar refractivity (Wildman–Crippen MR) is 145 cm³/mol. The second-order valence-corrected chi connectivity index (χ2v) is 10.1. The predicted octanol–water partition coefficient (Wildman–Crippen LogP) is 7.21. The highest BCUT2D eigenvalue weighted by Crippen LogP contribution is 2.36. The van der Waals surface area contributed by atoms with Crippen molar-refractivity contribution in [3.63, 3.8) is 0 Å². The van der Waals surface area contributed by atoms with Crippen LogP contribution >= 0.6 is 46.6 Å². The van der Waals surface area contributed by atoms with Crippen LogP contribution in [0.4, 0.5) is 10.5 Å². The van der Waals surface area contributed by atoms with Gasteiger partial charge in [0.1, 0.15) is 5.75 Å². The maximum Gasteiger partial charge on any atom is 0.293 e. The van der Waals surface area contributed by atoms with Gasteiger partial charge < -0.3 is 10.1 Å². The van der Waals surface area contributed by atoms with Gasteiger partial charge in [0.15, 0.2) is 6.61 Å². The van der Waals surface area contributed by atoms with Gasteiger partial charge in [-0.15, -0.1) is 0 Å². The van der Waals surface area contributed by atoms with Gasteiger partial charge in [-0.25, -0.2) is 0 Å². The van der Waals surface area contributed by atoms with E-state index in [4.69, 9.17) is 39.5 Å². The van der Waals surface area contributed by atoms with Gasteiger partial charge in [-0.1, -0.05) is 53.0 Å². The quantitative estimate of drug-likeness (QED) is 0.309. The Labute approximate surface area is 227 Å². The highest BCUT2D eigenvalue weighted by molar-refractivity contribution is 8.18. The van der Waals surface area contributed by atoms with E-state index in [2.05, 4.69) is 5.32 Å². The van der Waals surface area contributed by atoms with Crippen LogP contribution in [0.25, 0.3) is 6.08 Å². The third-order valence-corrected chi connectivity index (χ3v) is 7.00. The minimum Gasteiger partial charge on any atom is -0.483 e. The Kier molecular flexibility index (Phi) is 8.26. The maximum atomic E-state index is 13.0. The van der Waals surface area contributed by atoms with E-state index >= 15 is 0 Å². The fraction of sp³-hybridized carbons (Fsp3) is 0.115. The van der Waals surface area contributed by atoms with Crippen molar-refractivity contribution in [3.8, 4) is 5.75 Å². The molecule has 0 saturated carbocycles. The molecule has 3 aromatic rings. The summed E-state index contributed by atoms with van der Waals surface area (Å²) in [4.78, 5) is 39.3. The Balaban J connectivity index is 1.48. The van der Waals surface area contributed by atoms with Gasteiger partial charge in [-0.3, -0.25) is 19.3 Å². The Morgan fingerprint density at radius 2 is 1.83 bits per heavy atom. The Morgan fingerprint density at radius 1 is 1.03 bits per heavy atom. The van der Waals surface area contributed by atoms with Gasteiger partial charge in [-0.05, 0) is 78.4 Å². The fourth-order valence-corrected chi connectivity index (χ4v) is 4.76.